The molecule has 100 valence electrons. The molecule has 1 aromatic rings. The van der Waals surface area contributed by atoms with E-state index in [0.29, 0.717) is 5.71 Å². The van der Waals surface area contributed by atoms with Gasteiger partial charge < -0.3 is 14.2 Å². The van der Waals surface area contributed by atoms with Crippen LogP contribution in [-0.4, -0.2) is 25.7 Å². The maximum Gasteiger partial charge on any atom is 0.427 e. The summed E-state index contributed by atoms with van der Waals surface area (Å²) in [6, 6.07) is 5.63. The molecule has 1 aliphatic rings. The summed E-state index contributed by atoms with van der Waals surface area (Å²) in [5.74, 6) is 1.47. The fourth-order valence-electron chi connectivity index (χ4n) is 1.45. The van der Waals surface area contributed by atoms with E-state index in [9.17, 15) is 4.79 Å². The lowest BCUT2D eigenvalue weighted by Crippen LogP contribution is -2.17. The molecule has 1 heterocycles. The van der Waals surface area contributed by atoms with Crippen molar-refractivity contribution in [3.8, 4) is 11.5 Å². The SMILES string of the molecule is COC(=O)N/N=C(C)/C=C\c1ccc2c(c1)OCO2. The third-order valence-corrected chi connectivity index (χ3v) is 2.42. The minimum atomic E-state index is -0.601. The largest absolute Gasteiger partial charge is 0.454 e. The minimum absolute atomic E-state index is 0.256. The molecule has 0 unspecified atom stereocenters. The number of hydrazone groups is 1. The number of nitrogens with one attached hydrogen (secondary N) is 1. The van der Waals surface area contributed by atoms with Crippen molar-refractivity contribution in [2.24, 2.45) is 5.10 Å². The van der Waals surface area contributed by atoms with Crippen LogP contribution in [0.4, 0.5) is 4.79 Å². The first kappa shape index (κ1) is 12.9. The number of nitrogens with zero attached hydrogens (tertiary/aromatic N) is 1. The molecule has 1 aromatic carbocycles. The van der Waals surface area contributed by atoms with Crippen LogP contribution < -0.4 is 14.9 Å². The number of fused-ring (bicyclic) bond motifs is 1. The predicted octanol–water partition coefficient (Wildman–Crippen LogP) is 2.16. The summed E-state index contributed by atoms with van der Waals surface area (Å²) in [5, 5.41) is 3.83. The average molecular weight is 262 g/mol. The summed E-state index contributed by atoms with van der Waals surface area (Å²) in [6.07, 6.45) is 3.03. The number of methoxy groups -OCH3 is 1. The number of carbonyl (C=O) groups excluding carboxylic acids is 1. The second-order valence-electron chi connectivity index (χ2n) is 3.80. The monoisotopic (exact) mass is 262 g/mol. The van der Waals surface area contributed by atoms with E-state index < -0.39 is 6.09 Å². The molecule has 0 spiro atoms. The highest BCUT2D eigenvalue weighted by atomic mass is 16.7. The number of amides is 1. The summed E-state index contributed by atoms with van der Waals surface area (Å²) in [5.41, 5.74) is 3.84. The molecule has 6 heteroatoms. The van der Waals surface area contributed by atoms with Crippen molar-refractivity contribution in [3.05, 3.63) is 29.8 Å². The van der Waals surface area contributed by atoms with E-state index in [4.69, 9.17) is 9.47 Å². The molecule has 0 aliphatic carbocycles. The Morgan fingerprint density at radius 2 is 2.21 bits per heavy atom. The number of hydrogen-bond acceptors (Lipinski definition) is 5. The van der Waals surface area contributed by atoms with E-state index in [1.807, 2.05) is 24.3 Å². The molecule has 1 N–H and O–H groups in total. The quantitative estimate of drug-likeness (QED) is 0.669. The van der Waals surface area contributed by atoms with Crippen LogP contribution >= 0.6 is 0 Å². The highest BCUT2D eigenvalue weighted by Gasteiger charge is 2.11. The van der Waals surface area contributed by atoms with Crippen LogP contribution in [-0.2, 0) is 4.74 Å². The van der Waals surface area contributed by atoms with Crippen LogP contribution in [0.1, 0.15) is 12.5 Å². The topological polar surface area (TPSA) is 69.2 Å². The highest BCUT2D eigenvalue weighted by Crippen LogP contribution is 2.32. The normalized spacial score (nSPS) is 13.7. The van der Waals surface area contributed by atoms with Gasteiger partial charge in [0.2, 0.25) is 6.79 Å². The molecular formula is C13H14N2O4. The van der Waals surface area contributed by atoms with Crippen LogP contribution in [0.5, 0.6) is 11.5 Å². The van der Waals surface area contributed by atoms with E-state index in [1.54, 1.807) is 13.0 Å². The molecule has 1 aliphatic heterocycles. The highest BCUT2D eigenvalue weighted by molar-refractivity contribution is 5.96. The fourth-order valence-corrected chi connectivity index (χ4v) is 1.45. The van der Waals surface area contributed by atoms with E-state index in [1.165, 1.54) is 7.11 Å². The maximum absolute atomic E-state index is 10.8. The molecule has 0 fully saturated rings. The average Bonchev–Trinajstić information content (AvgIpc) is 2.89. The van der Waals surface area contributed by atoms with Crippen LogP contribution in [0.15, 0.2) is 29.4 Å². The van der Waals surface area contributed by atoms with Gasteiger partial charge in [-0.15, -0.1) is 0 Å². The van der Waals surface area contributed by atoms with Gasteiger partial charge in [0, 0.05) is 0 Å². The zero-order chi connectivity index (χ0) is 13.7. The molecule has 0 saturated heterocycles. The third-order valence-electron chi connectivity index (χ3n) is 2.42. The lowest BCUT2D eigenvalue weighted by molar-refractivity contribution is 0.171. The first-order valence-corrected chi connectivity index (χ1v) is 5.65. The van der Waals surface area contributed by atoms with Gasteiger partial charge >= 0.3 is 6.09 Å². The summed E-state index contributed by atoms with van der Waals surface area (Å²) >= 11 is 0. The Labute approximate surface area is 110 Å². The smallest absolute Gasteiger partial charge is 0.427 e. The van der Waals surface area contributed by atoms with Crippen LogP contribution in [0, 0.1) is 0 Å². The van der Waals surface area contributed by atoms with E-state index in [0.717, 1.165) is 17.1 Å². The van der Waals surface area contributed by atoms with Gasteiger partial charge in [-0.05, 0) is 30.7 Å². The molecule has 0 saturated carbocycles. The van der Waals surface area contributed by atoms with Gasteiger partial charge in [0.25, 0.3) is 0 Å². The zero-order valence-corrected chi connectivity index (χ0v) is 10.7. The van der Waals surface area contributed by atoms with Gasteiger partial charge in [0.05, 0.1) is 12.8 Å². The Bertz CT molecular complexity index is 537. The molecule has 0 radical (unpaired) electrons. The Hall–Kier alpha value is -2.50. The van der Waals surface area contributed by atoms with Gasteiger partial charge in [0.1, 0.15) is 0 Å². The maximum atomic E-state index is 10.8. The Morgan fingerprint density at radius 3 is 3.00 bits per heavy atom. The molecule has 6 nitrogen and oxygen atoms in total. The molecule has 0 aromatic heterocycles. The first-order chi connectivity index (χ1) is 9.19. The second-order valence-corrected chi connectivity index (χ2v) is 3.80. The number of carbonyl (C=O) groups is 1. The Kier molecular flexibility index (Phi) is 4.02. The number of ether oxygens (including phenoxy) is 3. The third kappa shape index (κ3) is 3.48. The van der Waals surface area contributed by atoms with E-state index in [2.05, 4.69) is 15.3 Å². The lowest BCUT2D eigenvalue weighted by atomic mass is 10.2. The molecular weight excluding hydrogens is 248 g/mol. The molecule has 2 rings (SSSR count). The first-order valence-electron chi connectivity index (χ1n) is 5.65. The fraction of sp³-hybridized carbons (Fsp3) is 0.231. The Morgan fingerprint density at radius 1 is 1.42 bits per heavy atom. The van der Waals surface area contributed by atoms with Crippen molar-refractivity contribution in [2.45, 2.75) is 6.92 Å². The van der Waals surface area contributed by atoms with E-state index in [-0.39, 0.29) is 6.79 Å². The molecule has 1 amide bonds. The van der Waals surface area contributed by atoms with Crippen LogP contribution in [0.3, 0.4) is 0 Å². The number of allylic oxidation sites excluding steroid dienone is 1. The van der Waals surface area contributed by atoms with Crippen molar-refractivity contribution in [1.82, 2.24) is 5.43 Å². The molecule has 0 atom stereocenters. The van der Waals surface area contributed by atoms with Gasteiger partial charge in [-0.25, -0.2) is 10.2 Å². The summed E-state index contributed by atoms with van der Waals surface area (Å²) in [4.78, 5) is 10.8. The van der Waals surface area contributed by atoms with Gasteiger partial charge in [0.15, 0.2) is 11.5 Å². The van der Waals surface area contributed by atoms with Crippen molar-refractivity contribution in [3.63, 3.8) is 0 Å². The minimum Gasteiger partial charge on any atom is -0.454 e. The lowest BCUT2D eigenvalue weighted by Gasteiger charge is -1.98. The summed E-state index contributed by atoms with van der Waals surface area (Å²) in [6.45, 7) is 2.02. The standard InChI is InChI=1S/C13H14N2O4/c1-9(14-15-13(16)17-2)3-4-10-5-6-11-12(7-10)19-8-18-11/h3-7H,8H2,1-2H3,(H,15,16)/b4-3-,14-9+. The van der Waals surface area contributed by atoms with Crippen molar-refractivity contribution in [2.75, 3.05) is 13.9 Å². The van der Waals surface area contributed by atoms with Gasteiger partial charge in [-0.2, -0.15) is 5.10 Å². The zero-order valence-electron chi connectivity index (χ0n) is 10.7. The number of benzene rings is 1. The van der Waals surface area contributed by atoms with Gasteiger partial charge in [-0.3, -0.25) is 0 Å². The second kappa shape index (κ2) is 5.90. The predicted molar refractivity (Wildman–Crippen MR) is 70.2 cm³/mol. The summed E-state index contributed by atoms with van der Waals surface area (Å²) in [7, 11) is 1.28. The Balaban J connectivity index is 2.00. The number of hydrogen-bond donors (Lipinski definition) is 1. The van der Waals surface area contributed by atoms with Gasteiger partial charge in [-0.1, -0.05) is 12.1 Å². The molecule has 0 bridgehead atoms. The summed E-state index contributed by atoms with van der Waals surface area (Å²) < 4.78 is 14.9. The van der Waals surface area contributed by atoms with Crippen molar-refractivity contribution in [1.29, 1.82) is 0 Å². The van der Waals surface area contributed by atoms with Crippen LogP contribution in [0.25, 0.3) is 6.08 Å². The van der Waals surface area contributed by atoms with Crippen molar-refractivity contribution >= 4 is 17.9 Å². The number of rotatable bonds is 3. The van der Waals surface area contributed by atoms with Crippen molar-refractivity contribution < 1.29 is 19.0 Å². The van der Waals surface area contributed by atoms with Crippen LogP contribution in [0.2, 0.25) is 0 Å². The van der Waals surface area contributed by atoms with E-state index >= 15 is 0 Å². The molecule has 19 heavy (non-hydrogen) atoms.